The summed E-state index contributed by atoms with van der Waals surface area (Å²) < 4.78 is 6.12. The van der Waals surface area contributed by atoms with Crippen LogP contribution in [0, 0.1) is 0 Å². The molecule has 1 fully saturated rings. The van der Waals surface area contributed by atoms with Crippen LogP contribution in [0.1, 0.15) is 29.8 Å². The van der Waals surface area contributed by atoms with E-state index in [0.717, 1.165) is 55.3 Å². The van der Waals surface area contributed by atoms with Gasteiger partial charge in [-0.05, 0) is 30.7 Å². The normalized spacial score (nSPS) is 20.3. The van der Waals surface area contributed by atoms with Crippen LogP contribution in [0.5, 0.6) is 5.75 Å². The minimum Gasteiger partial charge on any atom is -0.488 e. The van der Waals surface area contributed by atoms with Gasteiger partial charge in [-0.3, -0.25) is 14.8 Å². The van der Waals surface area contributed by atoms with E-state index in [2.05, 4.69) is 53.7 Å². The maximum atomic E-state index is 6.26. The Morgan fingerprint density at radius 3 is 2.87 bits per heavy atom. The average Bonchev–Trinajstić information content (AvgIpc) is 2.91. The number of piperazine rings is 1. The molecule has 2 aliphatic heterocycles. The number of hydrogen-bond donors (Lipinski definition) is 0. The van der Waals surface area contributed by atoms with Gasteiger partial charge in [0.1, 0.15) is 12.4 Å². The Kier molecular flexibility index (Phi) is 6.68. The second kappa shape index (κ2) is 9.61. The van der Waals surface area contributed by atoms with Crippen LogP contribution in [0.4, 0.5) is 0 Å². The zero-order valence-corrected chi connectivity index (χ0v) is 18.2. The number of aromatic nitrogens is 1. The van der Waals surface area contributed by atoms with Crippen molar-refractivity contribution in [1.29, 1.82) is 0 Å². The zero-order valence-electron chi connectivity index (χ0n) is 17.4. The van der Waals surface area contributed by atoms with E-state index in [4.69, 9.17) is 21.3 Å². The van der Waals surface area contributed by atoms with Gasteiger partial charge >= 0.3 is 0 Å². The van der Waals surface area contributed by atoms with Crippen LogP contribution < -0.4 is 4.74 Å². The summed E-state index contributed by atoms with van der Waals surface area (Å²) in [6, 6.07) is 10.1. The van der Waals surface area contributed by atoms with Crippen molar-refractivity contribution in [2.45, 2.75) is 19.6 Å². The predicted octanol–water partition coefficient (Wildman–Crippen LogP) is 5.02. The maximum Gasteiger partial charge on any atom is 0.126 e. The molecule has 0 aliphatic carbocycles. The molecule has 1 unspecified atom stereocenters. The molecule has 0 N–H and O–H groups in total. The highest BCUT2D eigenvalue weighted by Crippen LogP contribution is 2.40. The standard InChI is InChI=1S/C25H28ClN3O/c1-3-6-19(7-4-2)17-28-12-14-29(15-13-28)25-22-10-9-21(26)16-23(22)30-18-20-8-5-11-27-24(20)25/h3-11,16,25H,1,12-15,17-18H2,2H3/b7-4-,19-6+. The summed E-state index contributed by atoms with van der Waals surface area (Å²) in [6.45, 7) is 11.3. The molecule has 1 saturated heterocycles. The molecule has 3 heterocycles. The number of fused-ring (bicyclic) bond motifs is 2. The molecule has 1 aromatic heterocycles. The third-order valence-electron chi connectivity index (χ3n) is 5.73. The zero-order chi connectivity index (χ0) is 20.9. The van der Waals surface area contributed by atoms with Crippen LogP contribution in [0.2, 0.25) is 5.02 Å². The quantitative estimate of drug-likeness (QED) is 0.633. The highest BCUT2D eigenvalue weighted by atomic mass is 35.5. The molecule has 5 heteroatoms. The Balaban J connectivity index is 1.57. The van der Waals surface area contributed by atoms with Gasteiger partial charge in [-0.25, -0.2) is 0 Å². The topological polar surface area (TPSA) is 28.6 Å². The Bertz CT molecular complexity index is 961. The molecular weight excluding hydrogens is 394 g/mol. The summed E-state index contributed by atoms with van der Waals surface area (Å²) in [7, 11) is 0. The number of halogens is 1. The van der Waals surface area contributed by atoms with Crippen LogP contribution >= 0.6 is 11.6 Å². The predicted molar refractivity (Wildman–Crippen MR) is 123 cm³/mol. The number of nitrogens with zero attached hydrogens (tertiary/aromatic N) is 3. The average molecular weight is 422 g/mol. The van der Waals surface area contributed by atoms with Crippen LogP contribution in [-0.4, -0.2) is 47.5 Å². The van der Waals surface area contributed by atoms with Crippen molar-refractivity contribution < 1.29 is 4.74 Å². The summed E-state index contributed by atoms with van der Waals surface area (Å²) >= 11 is 6.26. The molecule has 2 aliphatic rings. The number of hydrogen-bond acceptors (Lipinski definition) is 4. The number of rotatable bonds is 5. The van der Waals surface area contributed by atoms with Gasteiger partial charge in [0.05, 0.1) is 11.7 Å². The lowest BCUT2D eigenvalue weighted by atomic mass is 9.97. The van der Waals surface area contributed by atoms with Gasteiger partial charge in [0.2, 0.25) is 0 Å². The molecule has 0 spiro atoms. The van der Waals surface area contributed by atoms with E-state index in [9.17, 15) is 0 Å². The Hall–Kier alpha value is -2.40. The molecule has 4 rings (SSSR count). The van der Waals surface area contributed by atoms with Crippen LogP contribution in [-0.2, 0) is 6.61 Å². The third kappa shape index (κ3) is 4.51. The molecule has 156 valence electrons. The summed E-state index contributed by atoms with van der Waals surface area (Å²) in [6.07, 6.45) is 10.1. The summed E-state index contributed by atoms with van der Waals surface area (Å²) in [5, 5.41) is 0.696. The fraction of sp³-hybridized carbons (Fsp3) is 0.320. The minimum absolute atomic E-state index is 0.0804. The van der Waals surface area contributed by atoms with E-state index in [1.165, 1.54) is 5.57 Å². The van der Waals surface area contributed by atoms with Crippen LogP contribution in [0.25, 0.3) is 0 Å². The first kappa shape index (κ1) is 20.9. The molecule has 0 radical (unpaired) electrons. The van der Waals surface area contributed by atoms with E-state index in [0.29, 0.717) is 11.6 Å². The van der Waals surface area contributed by atoms with Crippen LogP contribution in [0.3, 0.4) is 0 Å². The fourth-order valence-corrected chi connectivity index (χ4v) is 4.48. The van der Waals surface area contributed by atoms with Gasteiger partial charge in [-0.15, -0.1) is 0 Å². The summed E-state index contributed by atoms with van der Waals surface area (Å²) in [4.78, 5) is 9.80. The Labute approximate surface area is 184 Å². The lowest BCUT2D eigenvalue weighted by Crippen LogP contribution is -2.48. The fourth-order valence-electron chi connectivity index (χ4n) is 4.31. The van der Waals surface area contributed by atoms with E-state index < -0.39 is 0 Å². The monoisotopic (exact) mass is 421 g/mol. The molecule has 4 nitrogen and oxygen atoms in total. The number of allylic oxidation sites excluding steroid dienone is 3. The van der Waals surface area contributed by atoms with Crippen molar-refractivity contribution in [3.63, 3.8) is 0 Å². The van der Waals surface area contributed by atoms with Gasteiger partial charge in [0, 0.05) is 55.1 Å². The smallest absolute Gasteiger partial charge is 0.126 e. The number of ether oxygens (including phenoxy) is 1. The Morgan fingerprint density at radius 1 is 1.27 bits per heavy atom. The molecular formula is C25H28ClN3O. The third-order valence-corrected chi connectivity index (χ3v) is 5.96. The first-order valence-corrected chi connectivity index (χ1v) is 10.8. The van der Waals surface area contributed by atoms with Gasteiger partial charge in [0.15, 0.2) is 0 Å². The van der Waals surface area contributed by atoms with Crippen molar-refractivity contribution in [1.82, 2.24) is 14.8 Å². The van der Waals surface area contributed by atoms with Crippen molar-refractivity contribution >= 4 is 11.6 Å². The van der Waals surface area contributed by atoms with E-state index in [1.54, 1.807) is 0 Å². The summed E-state index contributed by atoms with van der Waals surface area (Å²) in [5.41, 5.74) is 4.66. The SMILES string of the molecule is C=C/C=C(\C=C/C)CN1CCN(C2c3ccc(Cl)cc3OCc3cccnc32)CC1. The molecule has 2 aromatic rings. The van der Waals surface area contributed by atoms with Crippen molar-refractivity contribution in [3.05, 3.63) is 94.8 Å². The minimum atomic E-state index is 0.0804. The molecule has 0 bridgehead atoms. The lowest BCUT2D eigenvalue weighted by Gasteiger charge is -2.39. The number of benzene rings is 1. The maximum absolute atomic E-state index is 6.26. The van der Waals surface area contributed by atoms with Gasteiger partial charge in [0.25, 0.3) is 0 Å². The van der Waals surface area contributed by atoms with E-state index in [1.807, 2.05) is 30.5 Å². The number of pyridine rings is 1. The summed E-state index contributed by atoms with van der Waals surface area (Å²) in [5.74, 6) is 0.859. The molecule has 30 heavy (non-hydrogen) atoms. The van der Waals surface area contributed by atoms with Gasteiger partial charge in [-0.2, -0.15) is 0 Å². The second-order valence-corrected chi connectivity index (χ2v) is 8.15. The van der Waals surface area contributed by atoms with Crippen molar-refractivity contribution in [2.24, 2.45) is 0 Å². The molecule has 0 amide bonds. The largest absolute Gasteiger partial charge is 0.488 e. The lowest BCUT2D eigenvalue weighted by molar-refractivity contribution is 0.114. The van der Waals surface area contributed by atoms with E-state index in [-0.39, 0.29) is 6.04 Å². The van der Waals surface area contributed by atoms with Crippen molar-refractivity contribution in [2.75, 3.05) is 32.7 Å². The molecule has 1 aromatic carbocycles. The highest BCUT2D eigenvalue weighted by Gasteiger charge is 2.33. The van der Waals surface area contributed by atoms with Crippen molar-refractivity contribution in [3.8, 4) is 5.75 Å². The first-order valence-electron chi connectivity index (χ1n) is 10.5. The first-order chi connectivity index (χ1) is 14.7. The second-order valence-electron chi connectivity index (χ2n) is 7.71. The molecule has 0 saturated carbocycles. The molecule has 1 atom stereocenters. The Morgan fingerprint density at radius 2 is 2.10 bits per heavy atom. The highest BCUT2D eigenvalue weighted by molar-refractivity contribution is 6.30. The van der Waals surface area contributed by atoms with Crippen LogP contribution in [0.15, 0.2) is 73.0 Å². The van der Waals surface area contributed by atoms with E-state index >= 15 is 0 Å². The van der Waals surface area contributed by atoms with Gasteiger partial charge < -0.3 is 4.74 Å². The van der Waals surface area contributed by atoms with Gasteiger partial charge in [-0.1, -0.05) is 54.6 Å².